The lowest BCUT2D eigenvalue weighted by molar-refractivity contribution is 0.168. The van der Waals surface area contributed by atoms with E-state index in [4.69, 9.17) is 0 Å². The number of hydrogen-bond acceptors (Lipinski definition) is 1. The van der Waals surface area contributed by atoms with Gasteiger partial charge in [-0.3, -0.25) is 0 Å². The van der Waals surface area contributed by atoms with E-state index in [0.29, 0.717) is 0 Å². The zero-order chi connectivity index (χ0) is 12.7. The van der Waals surface area contributed by atoms with E-state index in [9.17, 15) is 5.11 Å². The molecule has 0 aliphatic rings. The molecular formula is C15H24OSi. The van der Waals surface area contributed by atoms with Crippen molar-refractivity contribution in [2.24, 2.45) is 0 Å². The molecule has 0 aliphatic heterocycles. The van der Waals surface area contributed by atoms with E-state index in [2.05, 4.69) is 43.5 Å². The minimum absolute atomic E-state index is 0.206. The molecule has 0 radical (unpaired) electrons. The Morgan fingerprint density at radius 2 is 1.82 bits per heavy atom. The second-order valence-electron chi connectivity index (χ2n) is 5.68. The lowest BCUT2D eigenvalue weighted by Crippen LogP contribution is -2.16. The molecule has 2 heteroatoms. The van der Waals surface area contributed by atoms with Crippen molar-refractivity contribution in [1.82, 2.24) is 0 Å². The smallest absolute Gasteiger partial charge is 0.0682 e. The molecule has 1 aromatic carbocycles. The summed E-state index contributed by atoms with van der Waals surface area (Å²) in [5.74, 6) is 0. The molecule has 0 saturated carbocycles. The first-order valence-electron chi connectivity index (χ1n) is 6.37. The van der Waals surface area contributed by atoms with Gasteiger partial charge in [-0.2, -0.15) is 0 Å². The van der Waals surface area contributed by atoms with Crippen LogP contribution in [0.5, 0.6) is 0 Å². The Labute approximate surface area is 106 Å². The van der Waals surface area contributed by atoms with E-state index in [1.807, 2.05) is 18.2 Å². The quantitative estimate of drug-likeness (QED) is 0.759. The molecule has 17 heavy (non-hydrogen) atoms. The van der Waals surface area contributed by atoms with Crippen LogP contribution in [0.1, 0.15) is 18.4 Å². The SMILES string of the molecule is C[Si](C)(C)C=CC[C@@H](O)CCc1ccccc1. The highest BCUT2D eigenvalue weighted by molar-refractivity contribution is 6.80. The molecule has 0 aromatic heterocycles. The largest absolute Gasteiger partial charge is 0.393 e. The molecule has 0 amide bonds. The molecule has 0 fully saturated rings. The summed E-state index contributed by atoms with van der Waals surface area (Å²) in [5.41, 5.74) is 3.61. The van der Waals surface area contributed by atoms with Crippen LogP contribution < -0.4 is 0 Å². The highest BCUT2D eigenvalue weighted by atomic mass is 28.3. The van der Waals surface area contributed by atoms with Crippen LogP contribution in [0.3, 0.4) is 0 Å². The van der Waals surface area contributed by atoms with E-state index in [0.717, 1.165) is 19.3 Å². The van der Waals surface area contributed by atoms with Crippen LogP contribution in [-0.4, -0.2) is 19.3 Å². The van der Waals surface area contributed by atoms with Crippen molar-refractivity contribution in [3.63, 3.8) is 0 Å². The zero-order valence-electron chi connectivity index (χ0n) is 11.2. The van der Waals surface area contributed by atoms with Gasteiger partial charge in [-0.25, -0.2) is 0 Å². The summed E-state index contributed by atoms with van der Waals surface area (Å²) >= 11 is 0. The fraction of sp³-hybridized carbons (Fsp3) is 0.467. The third-order valence-corrected chi connectivity index (χ3v) is 3.87. The van der Waals surface area contributed by atoms with Gasteiger partial charge in [-0.05, 0) is 24.8 Å². The highest BCUT2D eigenvalue weighted by Gasteiger charge is 2.07. The van der Waals surface area contributed by atoms with Gasteiger partial charge in [0, 0.05) is 0 Å². The Balaban J connectivity index is 2.26. The average Bonchev–Trinajstić information content (AvgIpc) is 2.26. The van der Waals surface area contributed by atoms with Crippen molar-refractivity contribution < 1.29 is 5.11 Å². The van der Waals surface area contributed by atoms with Crippen LogP contribution in [0.15, 0.2) is 42.1 Å². The number of hydrogen-bond donors (Lipinski definition) is 1. The molecule has 94 valence electrons. The van der Waals surface area contributed by atoms with E-state index in [-0.39, 0.29) is 6.10 Å². The van der Waals surface area contributed by atoms with Gasteiger partial charge in [0.15, 0.2) is 0 Å². The van der Waals surface area contributed by atoms with E-state index in [1.54, 1.807) is 0 Å². The molecule has 0 bridgehead atoms. The minimum Gasteiger partial charge on any atom is -0.393 e. The lowest BCUT2D eigenvalue weighted by Gasteiger charge is -2.11. The fourth-order valence-electron chi connectivity index (χ4n) is 1.67. The summed E-state index contributed by atoms with van der Waals surface area (Å²) < 4.78 is 0. The summed E-state index contributed by atoms with van der Waals surface area (Å²) in [6.45, 7) is 6.92. The second-order valence-corrected chi connectivity index (χ2v) is 10.7. The molecule has 0 aliphatic carbocycles. The summed E-state index contributed by atoms with van der Waals surface area (Å²) in [6, 6.07) is 10.4. The molecule has 0 heterocycles. The van der Waals surface area contributed by atoms with Crippen molar-refractivity contribution in [2.75, 3.05) is 0 Å². The summed E-state index contributed by atoms with van der Waals surface area (Å²) in [5, 5.41) is 9.87. The first-order valence-corrected chi connectivity index (χ1v) is 9.95. The molecular weight excluding hydrogens is 224 g/mol. The molecule has 0 unspecified atom stereocenters. The number of aryl methyl sites for hydroxylation is 1. The third kappa shape index (κ3) is 7.13. The predicted octanol–water partition coefficient (Wildman–Crippen LogP) is 3.80. The van der Waals surface area contributed by atoms with Crippen LogP contribution in [0, 0.1) is 0 Å². The van der Waals surface area contributed by atoms with Crippen LogP contribution in [0.25, 0.3) is 0 Å². The fourth-order valence-corrected chi connectivity index (χ4v) is 2.52. The lowest BCUT2D eigenvalue weighted by atomic mass is 10.1. The maximum atomic E-state index is 9.87. The summed E-state index contributed by atoms with van der Waals surface area (Å²) in [7, 11) is -1.10. The van der Waals surface area contributed by atoms with Gasteiger partial charge in [-0.15, -0.1) is 0 Å². The van der Waals surface area contributed by atoms with E-state index >= 15 is 0 Å². The van der Waals surface area contributed by atoms with Gasteiger partial charge < -0.3 is 5.11 Å². The van der Waals surface area contributed by atoms with Crippen LogP contribution in [0.2, 0.25) is 19.6 Å². The number of rotatable bonds is 6. The molecule has 1 nitrogen and oxygen atoms in total. The van der Waals surface area contributed by atoms with Crippen LogP contribution >= 0.6 is 0 Å². The van der Waals surface area contributed by atoms with Gasteiger partial charge in [-0.1, -0.05) is 61.7 Å². The van der Waals surface area contributed by atoms with Crippen LogP contribution in [-0.2, 0) is 6.42 Å². The maximum absolute atomic E-state index is 9.87. The van der Waals surface area contributed by atoms with Crippen molar-refractivity contribution >= 4 is 8.07 Å². The van der Waals surface area contributed by atoms with E-state index < -0.39 is 8.07 Å². The third-order valence-electron chi connectivity index (χ3n) is 2.64. The number of aliphatic hydroxyl groups excluding tert-OH is 1. The van der Waals surface area contributed by atoms with Gasteiger partial charge in [0.05, 0.1) is 14.2 Å². The van der Waals surface area contributed by atoms with Crippen molar-refractivity contribution in [3.05, 3.63) is 47.7 Å². The second kappa shape index (κ2) is 6.77. The Morgan fingerprint density at radius 3 is 2.41 bits per heavy atom. The van der Waals surface area contributed by atoms with Gasteiger partial charge in [0.1, 0.15) is 0 Å². The van der Waals surface area contributed by atoms with E-state index in [1.165, 1.54) is 5.56 Å². The Bertz CT molecular complexity index is 338. The molecule has 1 N–H and O–H groups in total. The summed E-state index contributed by atoms with van der Waals surface area (Å²) in [4.78, 5) is 0. The Kier molecular flexibility index (Phi) is 5.66. The maximum Gasteiger partial charge on any atom is 0.0682 e. The summed E-state index contributed by atoms with van der Waals surface area (Å²) in [6.07, 6.45) is 4.55. The molecule has 0 saturated heterocycles. The molecule has 1 atom stereocenters. The zero-order valence-corrected chi connectivity index (χ0v) is 12.2. The number of benzene rings is 1. The molecule has 0 spiro atoms. The van der Waals surface area contributed by atoms with Crippen molar-refractivity contribution in [3.8, 4) is 0 Å². The standard InChI is InChI=1S/C15H24OSi/c1-17(2,3)13-7-10-15(16)12-11-14-8-5-4-6-9-14/h4-9,13,15-16H,10-12H2,1-3H3/t15-/m1/s1. The first kappa shape index (κ1) is 14.2. The van der Waals surface area contributed by atoms with Gasteiger partial charge in [0.2, 0.25) is 0 Å². The highest BCUT2D eigenvalue weighted by Crippen LogP contribution is 2.09. The van der Waals surface area contributed by atoms with Crippen molar-refractivity contribution in [2.45, 2.75) is 45.0 Å². The number of aliphatic hydroxyl groups is 1. The normalized spacial score (nSPS) is 14.1. The van der Waals surface area contributed by atoms with Gasteiger partial charge in [0.25, 0.3) is 0 Å². The van der Waals surface area contributed by atoms with Crippen LogP contribution in [0.4, 0.5) is 0 Å². The monoisotopic (exact) mass is 248 g/mol. The first-order chi connectivity index (χ1) is 7.97. The van der Waals surface area contributed by atoms with Crippen molar-refractivity contribution in [1.29, 1.82) is 0 Å². The molecule has 1 rings (SSSR count). The van der Waals surface area contributed by atoms with Gasteiger partial charge >= 0.3 is 0 Å². The Morgan fingerprint density at radius 1 is 1.18 bits per heavy atom. The Hall–Kier alpha value is -0.863. The minimum atomic E-state index is -1.10. The molecule has 1 aromatic rings. The predicted molar refractivity (Wildman–Crippen MR) is 77.9 cm³/mol. The average molecular weight is 248 g/mol. The topological polar surface area (TPSA) is 20.2 Å².